The molecule has 1 aromatic heterocycles. The van der Waals surface area contributed by atoms with Crippen LogP contribution in [0.2, 0.25) is 0 Å². The Morgan fingerprint density at radius 3 is 2.68 bits per heavy atom. The summed E-state index contributed by atoms with van der Waals surface area (Å²) in [5, 5.41) is 6.74. The van der Waals surface area contributed by atoms with Gasteiger partial charge in [-0.05, 0) is 38.0 Å². The summed E-state index contributed by atoms with van der Waals surface area (Å²) in [5.74, 6) is -0.177. The van der Waals surface area contributed by atoms with E-state index in [1.54, 1.807) is 11.3 Å². The molecule has 0 radical (unpaired) electrons. The fraction of sp³-hybridized carbons (Fsp3) is 0.400. The molecule has 0 amide bonds. The molecular weight excluding hydrogens is 259 g/mol. The second-order valence-electron chi connectivity index (χ2n) is 4.82. The molecule has 0 aliphatic heterocycles. The highest BCUT2D eigenvalue weighted by Gasteiger charge is 2.04. The van der Waals surface area contributed by atoms with Crippen LogP contribution in [0.25, 0.3) is 0 Å². The summed E-state index contributed by atoms with van der Waals surface area (Å²) >= 11 is 1.71. The molecule has 2 aromatic rings. The third-order valence-electron chi connectivity index (χ3n) is 2.95. The van der Waals surface area contributed by atoms with Gasteiger partial charge in [0.15, 0.2) is 0 Å². The van der Waals surface area contributed by atoms with Crippen LogP contribution in [0.1, 0.15) is 23.2 Å². The SMILES string of the molecule is Cc1csc(CCNC(C)Cc2ccc(F)cc2)n1. The third-order valence-corrected chi connectivity index (χ3v) is 3.98. The van der Waals surface area contributed by atoms with Gasteiger partial charge in [-0.15, -0.1) is 11.3 Å². The lowest BCUT2D eigenvalue weighted by Gasteiger charge is -2.13. The average molecular weight is 278 g/mol. The molecule has 0 saturated heterocycles. The minimum atomic E-state index is -0.177. The number of aromatic nitrogens is 1. The Bertz CT molecular complexity index is 507. The molecule has 0 spiro atoms. The number of nitrogens with zero attached hydrogens (tertiary/aromatic N) is 1. The van der Waals surface area contributed by atoms with Crippen molar-refractivity contribution >= 4 is 11.3 Å². The Morgan fingerprint density at radius 1 is 1.32 bits per heavy atom. The summed E-state index contributed by atoms with van der Waals surface area (Å²) in [6.45, 7) is 5.09. The molecule has 1 heterocycles. The molecule has 102 valence electrons. The fourth-order valence-corrected chi connectivity index (χ4v) is 2.77. The number of aryl methyl sites for hydroxylation is 1. The highest BCUT2D eigenvalue weighted by molar-refractivity contribution is 7.09. The van der Waals surface area contributed by atoms with Crippen molar-refractivity contribution in [3.8, 4) is 0 Å². The predicted molar refractivity (Wildman–Crippen MR) is 78.1 cm³/mol. The van der Waals surface area contributed by atoms with Crippen molar-refractivity contribution in [2.75, 3.05) is 6.54 Å². The van der Waals surface area contributed by atoms with Gasteiger partial charge in [0.1, 0.15) is 5.82 Å². The zero-order chi connectivity index (χ0) is 13.7. The molecule has 0 saturated carbocycles. The molecule has 0 bridgehead atoms. The maximum absolute atomic E-state index is 12.8. The molecule has 0 fully saturated rings. The normalized spacial score (nSPS) is 12.6. The van der Waals surface area contributed by atoms with Gasteiger partial charge in [0, 0.05) is 30.1 Å². The average Bonchev–Trinajstić information content (AvgIpc) is 2.78. The van der Waals surface area contributed by atoms with E-state index in [1.807, 2.05) is 19.1 Å². The first kappa shape index (κ1) is 14.2. The zero-order valence-corrected chi connectivity index (χ0v) is 12.1. The number of hydrogen-bond donors (Lipinski definition) is 1. The van der Waals surface area contributed by atoms with Gasteiger partial charge < -0.3 is 5.32 Å². The highest BCUT2D eigenvalue weighted by atomic mass is 32.1. The van der Waals surface area contributed by atoms with Gasteiger partial charge in [-0.2, -0.15) is 0 Å². The first-order chi connectivity index (χ1) is 9.13. The maximum Gasteiger partial charge on any atom is 0.123 e. The van der Waals surface area contributed by atoms with Crippen LogP contribution in [-0.2, 0) is 12.8 Å². The topological polar surface area (TPSA) is 24.9 Å². The van der Waals surface area contributed by atoms with Crippen molar-refractivity contribution in [3.05, 3.63) is 51.7 Å². The van der Waals surface area contributed by atoms with Gasteiger partial charge in [0.05, 0.1) is 5.01 Å². The number of thiazole rings is 1. The summed E-state index contributed by atoms with van der Waals surface area (Å²) in [6, 6.07) is 7.10. The van der Waals surface area contributed by atoms with Gasteiger partial charge >= 0.3 is 0 Å². The van der Waals surface area contributed by atoms with E-state index in [9.17, 15) is 4.39 Å². The van der Waals surface area contributed by atoms with E-state index < -0.39 is 0 Å². The number of benzene rings is 1. The molecule has 1 unspecified atom stereocenters. The van der Waals surface area contributed by atoms with E-state index in [4.69, 9.17) is 0 Å². The summed E-state index contributed by atoms with van der Waals surface area (Å²) in [4.78, 5) is 4.44. The molecule has 1 atom stereocenters. The van der Waals surface area contributed by atoms with E-state index in [0.717, 1.165) is 30.6 Å². The van der Waals surface area contributed by atoms with Crippen molar-refractivity contribution in [3.63, 3.8) is 0 Å². The maximum atomic E-state index is 12.8. The van der Waals surface area contributed by atoms with E-state index in [2.05, 4.69) is 22.6 Å². The molecule has 2 rings (SSSR count). The quantitative estimate of drug-likeness (QED) is 0.876. The Hall–Kier alpha value is -1.26. The van der Waals surface area contributed by atoms with E-state index in [0.29, 0.717) is 6.04 Å². The molecule has 1 N–H and O–H groups in total. The van der Waals surface area contributed by atoms with E-state index in [-0.39, 0.29) is 5.82 Å². The smallest absolute Gasteiger partial charge is 0.123 e. The van der Waals surface area contributed by atoms with Crippen molar-refractivity contribution in [2.24, 2.45) is 0 Å². The van der Waals surface area contributed by atoms with Crippen molar-refractivity contribution < 1.29 is 4.39 Å². The first-order valence-electron chi connectivity index (χ1n) is 6.52. The summed E-state index contributed by atoms with van der Waals surface area (Å²) in [6.07, 6.45) is 1.88. The van der Waals surface area contributed by atoms with Crippen LogP contribution in [0, 0.1) is 12.7 Å². The Kier molecular flexibility index (Phi) is 5.05. The lowest BCUT2D eigenvalue weighted by Crippen LogP contribution is -2.29. The molecule has 0 aliphatic carbocycles. The van der Waals surface area contributed by atoms with Crippen LogP contribution >= 0.6 is 11.3 Å². The second kappa shape index (κ2) is 6.78. The molecule has 4 heteroatoms. The minimum absolute atomic E-state index is 0.177. The fourth-order valence-electron chi connectivity index (χ4n) is 1.99. The van der Waals surface area contributed by atoms with Crippen LogP contribution in [0.15, 0.2) is 29.6 Å². The Morgan fingerprint density at radius 2 is 2.05 bits per heavy atom. The molecular formula is C15H19FN2S. The van der Waals surface area contributed by atoms with E-state index in [1.165, 1.54) is 17.1 Å². The largest absolute Gasteiger partial charge is 0.314 e. The monoisotopic (exact) mass is 278 g/mol. The van der Waals surface area contributed by atoms with Crippen molar-refractivity contribution in [1.82, 2.24) is 10.3 Å². The summed E-state index contributed by atoms with van der Waals surface area (Å²) < 4.78 is 12.8. The number of halogens is 1. The van der Waals surface area contributed by atoms with Crippen LogP contribution in [0.3, 0.4) is 0 Å². The standard InChI is InChI=1S/C15H19FN2S/c1-11(9-13-3-5-14(16)6-4-13)17-8-7-15-18-12(2)10-19-15/h3-6,10-11,17H,7-9H2,1-2H3. The van der Waals surface area contributed by atoms with E-state index >= 15 is 0 Å². The first-order valence-corrected chi connectivity index (χ1v) is 7.40. The summed E-state index contributed by atoms with van der Waals surface area (Å²) in [7, 11) is 0. The Labute approximate surface area is 117 Å². The molecule has 0 aliphatic rings. The molecule has 1 aromatic carbocycles. The zero-order valence-electron chi connectivity index (χ0n) is 11.3. The van der Waals surface area contributed by atoms with Crippen LogP contribution in [0.5, 0.6) is 0 Å². The van der Waals surface area contributed by atoms with Crippen molar-refractivity contribution in [2.45, 2.75) is 32.7 Å². The number of rotatable bonds is 6. The number of nitrogens with one attached hydrogen (secondary N) is 1. The Balaban J connectivity index is 1.72. The van der Waals surface area contributed by atoms with Crippen LogP contribution in [-0.4, -0.2) is 17.6 Å². The lowest BCUT2D eigenvalue weighted by atomic mass is 10.1. The third kappa shape index (κ3) is 4.73. The van der Waals surface area contributed by atoms with Gasteiger partial charge in [-0.1, -0.05) is 12.1 Å². The molecule has 2 nitrogen and oxygen atoms in total. The highest BCUT2D eigenvalue weighted by Crippen LogP contribution is 2.09. The van der Waals surface area contributed by atoms with Crippen LogP contribution in [0.4, 0.5) is 4.39 Å². The van der Waals surface area contributed by atoms with Gasteiger partial charge in [-0.25, -0.2) is 9.37 Å². The van der Waals surface area contributed by atoms with Crippen molar-refractivity contribution in [1.29, 1.82) is 0 Å². The minimum Gasteiger partial charge on any atom is -0.314 e. The number of hydrogen-bond acceptors (Lipinski definition) is 3. The predicted octanol–water partition coefficient (Wildman–Crippen LogP) is 3.35. The summed E-state index contributed by atoms with van der Waals surface area (Å²) in [5.41, 5.74) is 2.26. The second-order valence-corrected chi connectivity index (χ2v) is 5.76. The van der Waals surface area contributed by atoms with Gasteiger partial charge in [0.25, 0.3) is 0 Å². The molecule has 19 heavy (non-hydrogen) atoms. The van der Waals surface area contributed by atoms with Crippen LogP contribution < -0.4 is 5.32 Å². The van der Waals surface area contributed by atoms with Gasteiger partial charge in [0.2, 0.25) is 0 Å². The van der Waals surface area contributed by atoms with Gasteiger partial charge in [-0.3, -0.25) is 0 Å². The lowest BCUT2D eigenvalue weighted by molar-refractivity contribution is 0.547.